The van der Waals surface area contributed by atoms with E-state index < -0.39 is 0 Å². The van der Waals surface area contributed by atoms with Crippen LogP contribution in [0.1, 0.15) is 76.5 Å². The van der Waals surface area contributed by atoms with Crippen LogP contribution in [0.4, 0.5) is 0 Å². The van der Waals surface area contributed by atoms with Gasteiger partial charge in [0.1, 0.15) is 5.75 Å². The van der Waals surface area contributed by atoms with Gasteiger partial charge in [-0.05, 0) is 36.2 Å². The number of hydrogen-bond donors (Lipinski definition) is 1. The highest BCUT2D eigenvalue weighted by atomic mass is 16.3. The van der Waals surface area contributed by atoms with Crippen LogP contribution < -0.4 is 0 Å². The smallest absolute Gasteiger partial charge is 0.123 e. The SMILES string of the molecule is Cc1cc(C(C)(C)C)c(O)c(C2(C)CCCCC2)c1. The van der Waals surface area contributed by atoms with Gasteiger partial charge in [0.2, 0.25) is 0 Å². The maximum Gasteiger partial charge on any atom is 0.123 e. The summed E-state index contributed by atoms with van der Waals surface area (Å²) in [6.07, 6.45) is 6.32. The molecule has 1 fully saturated rings. The first-order chi connectivity index (χ1) is 8.74. The predicted molar refractivity (Wildman–Crippen MR) is 82.0 cm³/mol. The molecule has 0 amide bonds. The summed E-state index contributed by atoms with van der Waals surface area (Å²) < 4.78 is 0. The summed E-state index contributed by atoms with van der Waals surface area (Å²) in [5, 5.41) is 10.8. The Balaban J connectivity index is 2.54. The number of phenolic OH excluding ortho intramolecular Hbond substituents is 1. The van der Waals surface area contributed by atoms with Gasteiger partial charge < -0.3 is 5.11 Å². The molecular formula is C18H28O. The first kappa shape index (κ1) is 14.4. The number of hydrogen-bond acceptors (Lipinski definition) is 1. The number of rotatable bonds is 1. The molecule has 0 atom stereocenters. The molecule has 1 heteroatoms. The van der Waals surface area contributed by atoms with Crippen LogP contribution >= 0.6 is 0 Å². The third kappa shape index (κ3) is 2.80. The average molecular weight is 260 g/mol. The molecular weight excluding hydrogens is 232 g/mol. The molecule has 1 aliphatic carbocycles. The molecule has 1 aliphatic rings. The van der Waals surface area contributed by atoms with Crippen molar-refractivity contribution in [2.75, 3.05) is 0 Å². The highest BCUT2D eigenvalue weighted by molar-refractivity contribution is 5.50. The molecule has 0 bridgehead atoms. The van der Waals surface area contributed by atoms with E-state index in [-0.39, 0.29) is 10.8 Å². The van der Waals surface area contributed by atoms with E-state index in [1.54, 1.807) is 0 Å². The Labute approximate surface area is 118 Å². The van der Waals surface area contributed by atoms with Crippen molar-refractivity contribution >= 4 is 0 Å². The summed E-state index contributed by atoms with van der Waals surface area (Å²) in [5.74, 6) is 0.544. The zero-order valence-corrected chi connectivity index (χ0v) is 13.1. The minimum Gasteiger partial charge on any atom is -0.507 e. The van der Waals surface area contributed by atoms with Gasteiger partial charge in [-0.15, -0.1) is 0 Å². The van der Waals surface area contributed by atoms with E-state index in [2.05, 4.69) is 46.8 Å². The second kappa shape index (κ2) is 4.85. The van der Waals surface area contributed by atoms with Gasteiger partial charge in [-0.3, -0.25) is 0 Å². The number of benzene rings is 1. The summed E-state index contributed by atoms with van der Waals surface area (Å²) in [6.45, 7) is 11.0. The van der Waals surface area contributed by atoms with E-state index >= 15 is 0 Å². The van der Waals surface area contributed by atoms with E-state index in [0.717, 1.165) is 5.56 Å². The van der Waals surface area contributed by atoms with Crippen LogP contribution in [-0.2, 0) is 10.8 Å². The third-order valence-electron chi connectivity index (χ3n) is 4.67. The average Bonchev–Trinajstić information content (AvgIpc) is 2.31. The molecule has 1 aromatic rings. The van der Waals surface area contributed by atoms with Crippen molar-refractivity contribution in [3.05, 3.63) is 28.8 Å². The Morgan fingerprint density at radius 1 is 1.05 bits per heavy atom. The van der Waals surface area contributed by atoms with Gasteiger partial charge in [0.25, 0.3) is 0 Å². The molecule has 106 valence electrons. The number of aromatic hydroxyl groups is 1. The molecule has 0 aromatic heterocycles. The van der Waals surface area contributed by atoms with Crippen LogP contribution in [0.15, 0.2) is 12.1 Å². The van der Waals surface area contributed by atoms with Gasteiger partial charge in [-0.2, -0.15) is 0 Å². The molecule has 19 heavy (non-hydrogen) atoms. The fraction of sp³-hybridized carbons (Fsp3) is 0.667. The minimum absolute atomic E-state index is 0.00409. The van der Waals surface area contributed by atoms with Gasteiger partial charge in [0.05, 0.1) is 0 Å². The van der Waals surface area contributed by atoms with Crippen molar-refractivity contribution in [2.45, 2.75) is 77.6 Å². The molecule has 0 heterocycles. The topological polar surface area (TPSA) is 20.2 Å². The Bertz CT molecular complexity index is 459. The highest BCUT2D eigenvalue weighted by Gasteiger charge is 2.33. The van der Waals surface area contributed by atoms with Gasteiger partial charge in [-0.25, -0.2) is 0 Å². The van der Waals surface area contributed by atoms with Crippen molar-refractivity contribution in [1.29, 1.82) is 0 Å². The molecule has 2 rings (SSSR count). The lowest BCUT2D eigenvalue weighted by Gasteiger charge is -2.36. The minimum atomic E-state index is -0.00409. The number of aryl methyl sites for hydroxylation is 1. The summed E-state index contributed by atoms with van der Waals surface area (Å²) in [6, 6.07) is 4.35. The molecule has 1 N–H and O–H groups in total. The van der Waals surface area contributed by atoms with E-state index in [9.17, 15) is 5.11 Å². The molecule has 1 saturated carbocycles. The van der Waals surface area contributed by atoms with Crippen molar-refractivity contribution in [2.24, 2.45) is 0 Å². The second-order valence-corrected chi connectivity index (χ2v) is 7.58. The molecule has 0 saturated heterocycles. The molecule has 1 nitrogen and oxygen atoms in total. The molecule has 0 radical (unpaired) electrons. The van der Waals surface area contributed by atoms with E-state index in [4.69, 9.17) is 0 Å². The maximum atomic E-state index is 10.8. The van der Waals surface area contributed by atoms with E-state index in [1.165, 1.54) is 43.2 Å². The quantitative estimate of drug-likeness (QED) is 0.734. The summed E-state index contributed by atoms with van der Waals surface area (Å²) >= 11 is 0. The zero-order valence-electron chi connectivity index (χ0n) is 13.1. The van der Waals surface area contributed by atoms with Crippen molar-refractivity contribution in [3.8, 4) is 5.75 Å². The van der Waals surface area contributed by atoms with Crippen molar-refractivity contribution in [1.82, 2.24) is 0 Å². The monoisotopic (exact) mass is 260 g/mol. The van der Waals surface area contributed by atoms with Crippen molar-refractivity contribution < 1.29 is 5.11 Å². The van der Waals surface area contributed by atoms with Crippen LogP contribution in [0.2, 0.25) is 0 Å². The van der Waals surface area contributed by atoms with Crippen LogP contribution in [0, 0.1) is 6.92 Å². The van der Waals surface area contributed by atoms with E-state index in [1.807, 2.05) is 0 Å². The molecule has 0 unspecified atom stereocenters. The zero-order chi connectivity index (χ0) is 14.3. The van der Waals surface area contributed by atoms with Gasteiger partial charge >= 0.3 is 0 Å². The lowest BCUT2D eigenvalue weighted by atomic mass is 9.69. The van der Waals surface area contributed by atoms with Crippen LogP contribution in [0.3, 0.4) is 0 Å². The van der Waals surface area contributed by atoms with Gasteiger partial charge in [0, 0.05) is 5.56 Å². The lowest BCUT2D eigenvalue weighted by Crippen LogP contribution is -2.26. The van der Waals surface area contributed by atoms with Crippen molar-refractivity contribution in [3.63, 3.8) is 0 Å². The summed E-state index contributed by atoms with van der Waals surface area (Å²) in [5.41, 5.74) is 3.69. The van der Waals surface area contributed by atoms with Crippen LogP contribution in [0.5, 0.6) is 5.75 Å². The van der Waals surface area contributed by atoms with E-state index in [0.29, 0.717) is 5.75 Å². The third-order valence-corrected chi connectivity index (χ3v) is 4.67. The lowest BCUT2D eigenvalue weighted by molar-refractivity contribution is 0.306. The molecule has 0 aliphatic heterocycles. The van der Waals surface area contributed by atoms with Gasteiger partial charge in [0.15, 0.2) is 0 Å². The predicted octanol–water partition coefficient (Wildman–Crippen LogP) is 5.22. The Morgan fingerprint density at radius 3 is 2.16 bits per heavy atom. The van der Waals surface area contributed by atoms with Gasteiger partial charge in [-0.1, -0.05) is 64.7 Å². The summed E-state index contributed by atoms with van der Waals surface area (Å²) in [4.78, 5) is 0. The number of phenols is 1. The fourth-order valence-electron chi connectivity index (χ4n) is 3.41. The summed E-state index contributed by atoms with van der Waals surface area (Å²) in [7, 11) is 0. The Hall–Kier alpha value is -0.980. The first-order valence-electron chi connectivity index (χ1n) is 7.59. The fourth-order valence-corrected chi connectivity index (χ4v) is 3.41. The normalized spacial score (nSPS) is 19.4. The Kier molecular flexibility index (Phi) is 3.68. The molecule has 0 spiro atoms. The largest absolute Gasteiger partial charge is 0.507 e. The maximum absolute atomic E-state index is 10.8. The van der Waals surface area contributed by atoms with Crippen LogP contribution in [-0.4, -0.2) is 5.11 Å². The molecule has 1 aromatic carbocycles. The Morgan fingerprint density at radius 2 is 1.63 bits per heavy atom. The van der Waals surface area contributed by atoms with Crippen LogP contribution in [0.25, 0.3) is 0 Å². The standard InChI is InChI=1S/C18H28O/c1-13-11-14(17(2,3)4)16(19)15(12-13)18(5)9-7-6-8-10-18/h11-12,19H,6-10H2,1-5H3. The first-order valence-corrected chi connectivity index (χ1v) is 7.59. The second-order valence-electron chi connectivity index (χ2n) is 7.58. The highest BCUT2D eigenvalue weighted by Crippen LogP contribution is 2.46.